The molecular weight excluding hydrogens is 282 g/mol. The van der Waals surface area contributed by atoms with Gasteiger partial charge in [0, 0.05) is 23.9 Å². The first-order valence-electron chi connectivity index (χ1n) is 5.40. The molecule has 0 aliphatic carbocycles. The molecule has 0 saturated heterocycles. The van der Waals surface area contributed by atoms with Crippen LogP contribution in [-0.4, -0.2) is 26.5 Å². The topological polar surface area (TPSA) is 50.9 Å². The number of hydrogen-bond acceptors (Lipinski definition) is 3. The summed E-state index contributed by atoms with van der Waals surface area (Å²) >= 11 is 3.51. The summed E-state index contributed by atoms with van der Waals surface area (Å²) in [6.45, 7) is 0.0927. The van der Waals surface area contributed by atoms with Gasteiger partial charge in [-0.3, -0.25) is 4.68 Å². The molecule has 2 aromatic rings. The van der Waals surface area contributed by atoms with E-state index in [1.165, 1.54) is 6.33 Å². The Morgan fingerprint density at radius 3 is 2.76 bits per heavy atom. The predicted molar refractivity (Wildman–Crippen MR) is 68.7 cm³/mol. The number of hydrogen-bond donors (Lipinski definition) is 1. The Labute approximate surface area is 108 Å². The van der Waals surface area contributed by atoms with Gasteiger partial charge in [0.25, 0.3) is 0 Å². The number of aliphatic hydroxyl groups is 1. The zero-order chi connectivity index (χ0) is 12.3. The lowest BCUT2D eigenvalue weighted by Crippen LogP contribution is -2.12. The van der Waals surface area contributed by atoms with Gasteiger partial charge in [0.15, 0.2) is 0 Å². The van der Waals surface area contributed by atoms with Crippen LogP contribution in [0.2, 0.25) is 0 Å². The number of rotatable bonds is 4. The summed E-state index contributed by atoms with van der Waals surface area (Å²) in [6.07, 6.45) is 2.21. The van der Waals surface area contributed by atoms with Crippen molar-refractivity contribution < 1.29 is 5.11 Å². The molecule has 17 heavy (non-hydrogen) atoms. The molecule has 0 radical (unpaired) electrons. The molecule has 1 heterocycles. The average molecular weight is 296 g/mol. The molecule has 0 spiro atoms. The smallest absolute Gasteiger partial charge is 0.138 e. The molecule has 1 N–H and O–H groups in total. The van der Waals surface area contributed by atoms with Crippen LogP contribution in [0.5, 0.6) is 0 Å². The number of halogens is 1. The van der Waals surface area contributed by atoms with Gasteiger partial charge in [0.05, 0.1) is 6.61 Å². The number of aryl methyl sites for hydroxylation is 1. The second kappa shape index (κ2) is 5.42. The lowest BCUT2D eigenvalue weighted by Gasteiger charge is -2.15. The Kier molecular flexibility index (Phi) is 3.91. The largest absolute Gasteiger partial charge is 0.396 e. The lowest BCUT2D eigenvalue weighted by atomic mass is 9.96. The zero-order valence-electron chi connectivity index (χ0n) is 9.55. The fraction of sp³-hybridized carbons (Fsp3) is 0.333. The quantitative estimate of drug-likeness (QED) is 0.937. The molecule has 0 fully saturated rings. The van der Waals surface area contributed by atoms with Crippen molar-refractivity contribution in [1.29, 1.82) is 0 Å². The fourth-order valence-electron chi connectivity index (χ4n) is 1.80. The highest BCUT2D eigenvalue weighted by molar-refractivity contribution is 9.10. The first-order valence-corrected chi connectivity index (χ1v) is 6.20. The fourth-order valence-corrected chi connectivity index (χ4v) is 2.41. The molecule has 90 valence electrons. The maximum Gasteiger partial charge on any atom is 0.138 e. The number of nitrogens with zero attached hydrogens (tertiary/aromatic N) is 3. The highest BCUT2D eigenvalue weighted by Crippen LogP contribution is 2.26. The highest BCUT2D eigenvalue weighted by atomic mass is 79.9. The van der Waals surface area contributed by atoms with E-state index in [1.807, 2.05) is 31.3 Å². The van der Waals surface area contributed by atoms with E-state index in [0.29, 0.717) is 6.42 Å². The first kappa shape index (κ1) is 12.3. The van der Waals surface area contributed by atoms with Gasteiger partial charge >= 0.3 is 0 Å². The van der Waals surface area contributed by atoms with Gasteiger partial charge in [-0.2, -0.15) is 5.10 Å². The van der Waals surface area contributed by atoms with Crippen LogP contribution in [0.3, 0.4) is 0 Å². The molecule has 0 amide bonds. The SMILES string of the molecule is Cn1ncnc1CC(CO)c1ccccc1Br. The molecule has 1 unspecified atom stereocenters. The first-order chi connectivity index (χ1) is 8.22. The Hall–Kier alpha value is -1.20. The Morgan fingerprint density at radius 1 is 1.41 bits per heavy atom. The molecule has 4 nitrogen and oxygen atoms in total. The standard InChI is InChI=1S/C12H14BrN3O/c1-16-12(14-8-15-16)6-9(7-17)10-4-2-3-5-11(10)13/h2-5,8-9,17H,6-7H2,1H3. The third kappa shape index (κ3) is 2.73. The van der Waals surface area contributed by atoms with Crippen molar-refractivity contribution in [3.63, 3.8) is 0 Å². The second-order valence-electron chi connectivity index (χ2n) is 3.91. The Bertz CT molecular complexity index is 498. The molecule has 0 saturated carbocycles. The van der Waals surface area contributed by atoms with E-state index in [4.69, 9.17) is 0 Å². The van der Waals surface area contributed by atoms with E-state index < -0.39 is 0 Å². The minimum atomic E-state index is 0.0356. The van der Waals surface area contributed by atoms with Crippen LogP contribution < -0.4 is 0 Å². The van der Waals surface area contributed by atoms with Gasteiger partial charge in [-0.05, 0) is 11.6 Å². The summed E-state index contributed by atoms with van der Waals surface area (Å²) in [5.41, 5.74) is 1.10. The second-order valence-corrected chi connectivity index (χ2v) is 4.76. The summed E-state index contributed by atoms with van der Waals surface area (Å²) in [7, 11) is 1.86. The van der Waals surface area contributed by atoms with Crippen LogP contribution in [0.1, 0.15) is 17.3 Å². The van der Waals surface area contributed by atoms with Crippen molar-refractivity contribution >= 4 is 15.9 Å². The van der Waals surface area contributed by atoms with Crippen LogP contribution in [0, 0.1) is 0 Å². The van der Waals surface area contributed by atoms with Crippen LogP contribution in [-0.2, 0) is 13.5 Å². The molecule has 0 bridgehead atoms. The van der Waals surface area contributed by atoms with Crippen molar-refractivity contribution in [1.82, 2.24) is 14.8 Å². The summed E-state index contributed by atoms with van der Waals surface area (Å²) in [4.78, 5) is 4.18. The van der Waals surface area contributed by atoms with Gasteiger partial charge < -0.3 is 5.11 Å². The monoisotopic (exact) mass is 295 g/mol. The molecule has 1 aromatic carbocycles. The van der Waals surface area contributed by atoms with Crippen molar-refractivity contribution in [2.75, 3.05) is 6.61 Å². The molecule has 1 atom stereocenters. The Morgan fingerprint density at radius 2 is 2.18 bits per heavy atom. The van der Waals surface area contributed by atoms with Crippen molar-refractivity contribution in [3.8, 4) is 0 Å². The van der Waals surface area contributed by atoms with Crippen molar-refractivity contribution in [2.24, 2.45) is 7.05 Å². The van der Waals surface area contributed by atoms with Crippen LogP contribution in [0.25, 0.3) is 0 Å². The van der Waals surface area contributed by atoms with Gasteiger partial charge in [0.1, 0.15) is 12.2 Å². The van der Waals surface area contributed by atoms with Crippen LogP contribution in [0.4, 0.5) is 0 Å². The molecule has 0 aliphatic rings. The van der Waals surface area contributed by atoms with E-state index >= 15 is 0 Å². The Balaban J connectivity index is 2.23. The minimum Gasteiger partial charge on any atom is -0.396 e. The third-order valence-electron chi connectivity index (χ3n) is 2.80. The summed E-state index contributed by atoms with van der Waals surface area (Å²) in [5.74, 6) is 0.910. The van der Waals surface area contributed by atoms with Gasteiger partial charge in [-0.15, -0.1) is 0 Å². The summed E-state index contributed by atoms with van der Waals surface area (Å²) in [5, 5.41) is 13.5. The number of aliphatic hydroxyl groups excluding tert-OH is 1. The maximum absolute atomic E-state index is 9.52. The zero-order valence-corrected chi connectivity index (χ0v) is 11.1. The van der Waals surface area contributed by atoms with Crippen molar-refractivity contribution in [3.05, 3.63) is 46.5 Å². The van der Waals surface area contributed by atoms with Crippen LogP contribution >= 0.6 is 15.9 Å². The van der Waals surface area contributed by atoms with E-state index in [-0.39, 0.29) is 12.5 Å². The number of benzene rings is 1. The molecule has 0 aliphatic heterocycles. The normalized spacial score (nSPS) is 12.6. The van der Waals surface area contributed by atoms with Gasteiger partial charge in [0.2, 0.25) is 0 Å². The minimum absolute atomic E-state index is 0.0356. The van der Waals surface area contributed by atoms with E-state index in [0.717, 1.165) is 15.9 Å². The van der Waals surface area contributed by atoms with Gasteiger partial charge in [-0.25, -0.2) is 4.98 Å². The highest BCUT2D eigenvalue weighted by Gasteiger charge is 2.16. The molecular formula is C12H14BrN3O. The van der Waals surface area contributed by atoms with E-state index in [2.05, 4.69) is 26.0 Å². The predicted octanol–water partition coefficient (Wildman–Crippen LogP) is 1.90. The summed E-state index contributed by atoms with van der Waals surface area (Å²) in [6, 6.07) is 7.93. The average Bonchev–Trinajstić information content (AvgIpc) is 2.73. The maximum atomic E-state index is 9.52. The van der Waals surface area contributed by atoms with E-state index in [9.17, 15) is 5.11 Å². The van der Waals surface area contributed by atoms with Crippen molar-refractivity contribution in [2.45, 2.75) is 12.3 Å². The molecule has 1 aromatic heterocycles. The molecule has 5 heteroatoms. The number of aromatic nitrogens is 3. The molecule has 2 rings (SSSR count). The van der Waals surface area contributed by atoms with Crippen LogP contribution in [0.15, 0.2) is 35.1 Å². The van der Waals surface area contributed by atoms with E-state index in [1.54, 1.807) is 4.68 Å². The lowest BCUT2D eigenvalue weighted by molar-refractivity contribution is 0.262. The van der Waals surface area contributed by atoms with Gasteiger partial charge in [-0.1, -0.05) is 34.1 Å². The third-order valence-corrected chi connectivity index (χ3v) is 3.52. The summed E-state index contributed by atoms with van der Waals surface area (Å²) < 4.78 is 2.75.